The number of benzene rings is 1. The van der Waals surface area contributed by atoms with Crippen molar-refractivity contribution in [2.45, 2.75) is 32.2 Å². The topological polar surface area (TPSA) is 78.9 Å². The Labute approximate surface area is 127 Å². The van der Waals surface area contributed by atoms with Crippen molar-refractivity contribution in [3.63, 3.8) is 0 Å². The minimum absolute atomic E-state index is 0.000263. The number of aromatic nitrogens is 2. The Balaban J connectivity index is 1.77. The Kier molecular flexibility index (Phi) is 3.80. The molecule has 3 rings (SSSR count). The average molecular weight is 301 g/mol. The first-order valence-corrected chi connectivity index (χ1v) is 7.35. The van der Waals surface area contributed by atoms with Gasteiger partial charge in [-0.3, -0.25) is 4.79 Å². The van der Waals surface area contributed by atoms with Gasteiger partial charge >= 0.3 is 5.97 Å². The van der Waals surface area contributed by atoms with Crippen LogP contribution in [-0.4, -0.2) is 20.6 Å². The number of carboxylic acid groups (broad SMARTS) is 1. The molecule has 1 heterocycles. The van der Waals surface area contributed by atoms with Crippen molar-refractivity contribution in [3.05, 3.63) is 29.8 Å². The molecule has 0 spiro atoms. The van der Waals surface area contributed by atoms with Gasteiger partial charge in [0.15, 0.2) is 0 Å². The van der Waals surface area contributed by atoms with E-state index in [1.54, 1.807) is 6.33 Å². The molecule has 0 bridgehead atoms. The molecule has 22 heavy (non-hydrogen) atoms. The molecule has 1 saturated carbocycles. The second-order valence-corrected chi connectivity index (χ2v) is 5.89. The lowest BCUT2D eigenvalue weighted by atomic mass is 9.82. The smallest absolute Gasteiger partial charge is 0.306 e. The van der Waals surface area contributed by atoms with E-state index in [0.717, 1.165) is 12.8 Å². The lowest BCUT2D eigenvalue weighted by molar-refractivity contribution is -0.143. The summed E-state index contributed by atoms with van der Waals surface area (Å²) in [5, 5.41) is 17.9. The molecule has 1 aromatic carbocycles. The molecule has 1 aliphatic carbocycles. The molecule has 0 atom stereocenters. The number of fused-ring (bicyclic) bond motifs is 1. The van der Waals surface area contributed by atoms with E-state index in [2.05, 4.69) is 4.98 Å². The molecule has 0 amide bonds. The van der Waals surface area contributed by atoms with Gasteiger partial charge in [-0.2, -0.15) is 5.26 Å². The van der Waals surface area contributed by atoms with Crippen molar-refractivity contribution < 1.29 is 14.3 Å². The van der Waals surface area contributed by atoms with Crippen LogP contribution >= 0.6 is 0 Å². The highest BCUT2D eigenvalue weighted by molar-refractivity contribution is 5.77. The molecular formula is C16H16FN3O2. The largest absolute Gasteiger partial charge is 0.481 e. The van der Waals surface area contributed by atoms with E-state index in [4.69, 9.17) is 10.4 Å². The highest BCUT2D eigenvalue weighted by Gasteiger charge is 2.26. The molecular weight excluding hydrogens is 285 g/mol. The molecule has 114 valence electrons. The van der Waals surface area contributed by atoms with E-state index in [1.807, 2.05) is 10.6 Å². The second kappa shape index (κ2) is 5.76. The van der Waals surface area contributed by atoms with E-state index >= 15 is 0 Å². The van der Waals surface area contributed by atoms with Crippen molar-refractivity contribution in [3.8, 4) is 6.07 Å². The average Bonchev–Trinajstić information content (AvgIpc) is 2.89. The van der Waals surface area contributed by atoms with Crippen LogP contribution in [0.15, 0.2) is 18.5 Å². The third kappa shape index (κ3) is 2.67. The molecule has 0 aliphatic heterocycles. The molecule has 1 N–H and O–H groups in total. The van der Waals surface area contributed by atoms with Crippen LogP contribution in [0.25, 0.3) is 11.0 Å². The summed E-state index contributed by atoms with van der Waals surface area (Å²) in [6.45, 7) is 0.703. The Bertz CT molecular complexity index is 755. The number of imidazole rings is 1. The molecule has 0 saturated heterocycles. The predicted molar refractivity (Wildman–Crippen MR) is 77.5 cm³/mol. The molecule has 1 aliphatic rings. The van der Waals surface area contributed by atoms with Crippen LogP contribution in [0.4, 0.5) is 4.39 Å². The number of hydrogen-bond donors (Lipinski definition) is 1. The van der Waals surface area contributed by atoms with Gasteiger partial charge in [0.2, 0.25) is 0 Å². The fraction of sp³-hybridized carbons (Fsp3) is 0.438. The van der Waals surface area contributed by atoms with Crippen molar-refractivity contribution in [1.82, 2.24) is 9.55 Å². The van der Waals surface area contributed by atoms with Crippen LogP contribution in [0.2, 0.25) is 0 Å². The summed E-state index contributed by atoms with van der Waals surface area (Å²) in [6, 6.07) is 4.63. The first kappa shape index (κ1) is 14.5. The van der Waals surface area contributed by atoms with Gasteiger partial charge in [-0.05, 0) is 37.7 Å². The molecule has 0 radical (unpaired) electrons. The summed E-state index contributed by atoms with van der Waals surface area (Å²) in [5.74, 6) is -1.10. The number of hydrogen-bond acceptors (Lipinski definition) is 3. The molecule has 0 unspecified atom stereocenters. The van der Waals surface area contributed by atoms with Crippen molar-refractivity contribution in [2.75, 3.05) is 0 Å². The van der Waals surface area contributed by atoms with Crippen LogP contribution < -0.4 is 0 Å². The maximum atomic E-state index is 13.8. The van der Waals surface area contributed by atoms with Gasteiger partial charge in [0, 0.05) is 12.6 Å². The second-order valence-electron chi connectivity index (χ2n) is 5.89. The summed E-state index contributed by atoms with van der Waals surface area (Å²) < 4.78 is 15.7. The predicted octanol–water partition coefficient (Wildman–Crippen LogP) is 2.94. The van der Waals surface area contributed by atoms with Gasteiger partial charge in [0.1, 0.15) is 11.9 Å². The maximum absolute atomic E-state index is 13.8. The number of carbonyl (C=O) groups is 1. The minimum Gasteiger partial charge on any atom is -0.481 e. The highest BCUT2D eigenvalue weighted by Crippen LogP contribution is 2.31. The van der Waals surface area contributed by atoms with Crippen molar-refractivity contribution in [2.24, 2.45) is 11.8 Å². The van der Waals surface area contributed by atoms with Gasteiger partial charge in [0.05, 0.1) is 28.8 Å². The molecule has 6 heteroatoms. The van der Waals surface area contributed by atoms with Crippen LogP contribution in [0.5, 0.6) is 0 Å². The van der Waals surface area contributed by atoms with Crippen LogP contribution in [0.1, 0.15) is 31.2 Å². The highest BCUT2D eigenvalue weighted by atomic mass is 19.1. The van der Waals surface area contributed by atoms with Crippen LogP contribution in [0.3, 0.4) is 0 Å². The fourth-order valence-corrected chi connectivity index (χ4v) is 3.18. The summed E-state index contributed by atoms with van der Waals surface area (Å²) >= 11 is 0. The van der Waals surface area contributed by atoms with E-state index in [-0.39, 0.29) is 11.5 Å². The van der Waals surface area contributed by atoms with Gasteiger partial charge in [-0.1, -0.05) is 0 Å². The number of halogens is 1. The summed E-state index contributed by atoms with van der Waals surface area (Å²) in [6.07, 6.45) is 4.76. The van der Waals surface area contributed by atoms with Crippen LogP contribution in [-0.2, 0) is 11.3 Å². The SMILES string of the molecule is N#Cc1cc2ncn(CC3CCC(C(=O)O)CC3)c2cc1F. The standard InChI is InChI=1S/C16H16FN3O2/c17-13-6-15-14(5-12(13)7-18)19-9-20(15)8-10-1-3-11(4-2-10)16(21)22/h5-6,9-11H,1-4,8H2,(H,21,22). The Morgan fingerprint density at radius 1 is 1.41 bits per heavy atom. The third-order valence-corrected chi connectivity index (χ3v) is 4.48. The van der Waals surface area contributed by atoms with E-state index in [1.165, 1.54) is 12.1 Å². The van der Waals surface area contributed by atoms with Gasteiger partial charge in [-0.15, -0.1) is 0 Å². The molecule has 1 fully saturated rings. The molecule has 2 aromatic rings. The monoisotopic (exact) mass is 301 g/mol. The summed E-state index contributed by atoms with van der Waals surface area (Å²) in [4.78, 5) is 15.2. The maximum Gasteiger partial charge on any atom is 0.306 e. The Hall–Kier alpha value is -2.42. The zero-order chi connectivity index (χ0) is 15.7. The fourth-order valence-electron chi connectivity index (χ4n) is 3.18. The van der Waals surface area contributed by atoms with Gasteiger partial charge < -0.3 is 9.67 Å². The lowest BCUT2D eigenvalue weighted by Crippen LogP contribution is -2.23. The first-order chi connectivity index (χ1) is 10.6. The molecule has 1 aromatic heterocycles. The number of nitrogens with zero attached hydrogens (tertiary/aromatic N) is 3. The summed E-state index contributed by atoms with van der Waals surface area (Å²) in [5.41, 5.74) is 1.29. The van der Waals surface area contributed by atoms with Gasteiger partial charge in [-0.25, -0.2) is 9.37 Å². The summed E-state index contributed by atoms with van der Waals surface area (Å²) in [7, 11) is 0. The first-order valence-electron chi connectivity index (χ1n) is 7.35. The lowest BCUT2D eigenvalue weighted by Gasteiger charge is -2.26. The van der Waals surface area contributed by atoms with E-state index in [0.29, 0.717) is 36.3 Å². The molecule has 5 nitrogen and oxygen atoms in total. The minimum atomic E-state index is -0.711. The zero-order valence-corrected chi connectivity index (χ0v) is 12.0. The number of rotatable bonds is 3. The number of aliphatic carboxylic acids is 1. The Morgan fingerprint density at radius 3 is 2.77 bits per heavy atom. The van der Waals surface area contributed by atoms with Crippen molar-refractivity contribution in [1.29, 1.82) is 5.26 Å². The zero-order valence-electron chi connectivity index (χ0n) is 12.0. The van der Waals surface area contributed by atoms with Crippen LogP contribution in [0, 0.1) is 29.0 Å². The normalized spacial score (nSPS) is 21.6. The third-order valence-electron chi connectivity index (χ3n) is 4.48. The number of nitriles is 1. The van der Waals surface area contributed by atoms with E-state index in [9.17, 15) is 9.18 Å². The quantitative estimate of drug-likeness (QED) is 0.945. The van der Waals surface area contributed by atoms with E-state index < -0.39 is 11.8 Å². The van der Waals surface area contributed by atoms with Gasteiger partial charge in [0.25, 0.3) is 0 Å². The Morgan fingerprint density at radius 2 is 2.14 bits per heavy atom. The number of carboxylic acids is 1. The van der Waals surface area contributed by atoms with Crippen molar-refractivity contribution >= 4 is 17.0 Å².